The number of aliphatic hydroxyl groups is 1. The summed E-state index contributed by atoms with van der Waals surface area (Å²) in [5.74, 6) is -1.54. The second-order valence-corrected chi connectivity index (χ2v) is 3.88. The minimum absolute atomic E-state index is 0.157. The summed E-state index contributed by atoms with van der Waals surface area (Å²) in [6.45, 7) is -1.54. The third-order valence-corrected chi connectivity index (χ3v) is 1.83. The highest BCUT2D eigenvalue weighted by atomic mass is 19.4. The Labute approximate surface area is 102 Å². The molecule has 0 fully saturated rings. The van der Waals surface area contributed by atoms with E-state index in [1.165, 1.54) is 14.0 Å². The SMILES string of the molecule is CC(O)CN(C)C(=O)N(CC(=O)O)CC(F)(F)F. The zero-order valence-corrected chi connectivity index (χ0v) is 9.94. The molecular weight excluding hydrogens is 257 g/mol. The first-order valence-corrected chi connectivity index (χ1v) is 4.99. The average Bonchev–Trinajstić information content (AvgIpc) is 2.11. The molecule has 0 aliphatic carbocycles. The number of amides is 2. The molecular formula is C9H15F3N2O4. The Bertz CT molecular complexity index is 307. The Morgan fingerprint density at radius 3 is 2.17 bits per heavy atom. The van der Waals surface area contributed by atoms with E-state index in [1.54, 1.807) is 0 Å². The Morgan fingerprint density at radius 2 is 1.83 bits per heavy atom. The lowest BCUT2D eigenvalue weighted by molar-refractivity contribution is -0.149. The first kappa shape index (κ1) is 16.5. The molecule has 2 amide bonds. The van der Waals surface area contributed by atoms with Crippen molar-refractivity contribution in [1.82, 2.24) is 9.80 Å². The van der Waals surface area contributed by atoms with Crippen molar-refractivity contribution in [1.29, 1.82) is 0 Å². The minimum atomic E-state index is -4.68. The molecule has 0 aromatic carbocycles. The highest BCUT2D eigenvalue weighted by Gasteiger charge is 2.35. The van der Waals surface area contributed by atoms with E-state index in [0.29, 0.717) is 0 Å². The molecule has 1 unspecified atom stereocenters. The highest BCUT2D eigenvalue weighted by molar-refractivity contribution is 5.80. The second-order valence-electron chi connectivity index (χ2n) is 3.88. The Hall–Kier alpha value is -1.51. The van der Waals surface area contributed by atoms with Gasteiger partial charge in [0.2, 0.25) is 0 Å². The molecule has 0 radical (unpaired) electrons. The van der Waals surface area contributed by atoms with E-state index >= 15 is 0 Å². The molecule has 1 atom stereocenters. The fourth-order valence-corrected chi connectivity index (χ4v) is 1.29. The molecule has 0 bridgehead atoms. The number of aliphatic hydroxyl groups excluding tert-OH is 1. The molecule has 0 aliphatic rings. The molecule has 0 saturated carbocycles. The lowest BCUT2D eigenvalue weighted by Gasteiger charge is -2.28. The number of carboxylic acid groups (broad SMARTS) is 1. The molecule has 0 aromatic heterocycles. The van der Waals surface area contributed by atoms with Crippen molar-refractivity contribution in [3.05, 3.63) is 0 Å². The van der Waals surface area contributed by atoms with Gasteiger partial charge in [0.05, 0.1) is 6.10 Å². The summed E-state index contributed by atoms with van der Waals surface area (Å²) in [6.07, 6.45) is -5.60. The van der Waals surface area contributed by atoms with Crippen LogP contribution in [0.5, 0.6) is 0 Å². The zero-order chi connectivity index (χ0) is 14.5. The van der Waals surface area contributed by atoms with Gasteiger partial charge in [0.15, 0.2) is 0 Å². The van der Waals surface area contributed by atoms with Gasteiger partial charge in [-0.2, -0.15) is 13.2 Å². The third-order valence-electron chi connectivity index (χ3n) is 1.83. The van der Waals surface area contributed by atoms with Crippen LogP contribution in [0, 0.1) is 0 Å². The van der Waals surface area contributed by atoms with Crippen LogP contribution in [0.15, 0.2) is 0 Å². The third kappa shape index (κ3) is 6.94. The van der Waals surface area contributed by atoms with Gasteiger partial charge in [0.25, 0.3) is 0 Å². The average molecular weight is 272 g/mol. The summed E-state index contributed by atoms with van der Waals surface area (Å²) < 4.78 is 36.6. The number of carbonyl (C=O) groups excluding carboxylic acids is 1. The number of hydrogen-bond acceptors (Lipinski definition) is 3. The first-order chi connectivity index (χ1) is 8.03. The van der Waals surface area contributed by atoms with Gasteiger partial charge < -0.3 is 20.0 Å². The summed E-state index contributed by atoms with van der Waals surface area (Å²) in [4.78, 5) is 23.0. The molecule has 0 heterocycles. The molecule has 0 spiro atoms. The van der Waals surface area contributed by atoms with Crippen LogP contribution in [0.4, 0.5) is 18.0 Å². The summed E-state index contributed by atoms with van der Waals surface area (Å²) in [5.41, 5.74) is 0. The highest BCUT2D eigenvalue weighted by Crippen LogP contribution is 2.17. The normalized spacial score (nSPS) is 13.0. The van der Waals surface area contributed by atoms with Crippen molar-refractivity contribution in [3.8, 4) is 0 Å². The molecule has 0 rings (SSSR count). The fraction of sp³-hybridized carbons (Fsp3) is 0.778. The molecule has 0 aliphatic heterocycles. The van der Waals surface area contributed by atoms with E-state index in [9.17, 15) is 22.8 Å². The number of nitrogens with zero attached hydrogens (tertiary/aromatic N) is 2. The van der Waals surface area contributed by atoms with Crippen LogP contribution >= 0.6 is 0 Å². The summed E-state index contributed by atoms with van der Waals surface area (Å²) in [5, 5.41) is 17.5. The van der Waals surface area contributed by atoms with Crippen LogP contribution in [-0.2, 0) is 4.79 Å². The minimum Gasteiger partial charge on any atom is -0.480 e. The van der Waals surface area contributed by atoms with Crippen molar-refractivity contribution >= 4 is 12.0 Å². The smallest absolute Gasteiger partial charge is 0.406 e. The first-order valence-electron chi connectivity index (χ1n) is 4.99. The number of alkyl halides is 3. The number of aliphatic carboxylic acids is 1. The van der Waals surface area contributed by atoms with Crippen LogP contribution in [0.2, 0.25) is 0 Å². The quantitative estimate of drug-likeness (QED) is 0.757. The van der Waals surface area contributed by atoms with Gasteiger partial charge in [-0.15, -0.1) is 0 Å². The summed E-state index contributed by atoms with van der Waals surface area (Å²) in [7, 11) is 1.18. The number of hydrogen-bond donors (Lipinski definition) is 2. The maximum absolute atomic E-state index is 12.2. The lowest BCUT2D eigenvalue weighted by atomic mass is 10.4. The molecule has 2 N–H and O–H groups in total. The summed E-state index contributed by atoms with van der Waals surface area (Å²) in [6, 6.07) is -1.10. The van der Waals surface area contributed by atoms with Crippen LogP contribution in [-0.4, -0.2) is 71.0 Å². The van der Waals surface area contributed by atoms with Crippen LogP contribution in [0.25, 0.3) is 0 Å². The topological polar surface area (TPSA) is 81.1 Å². The van der Waals surface area contributed by atoms with Crippen molar-refractivity contribution in [3.63, 3.8) is 0 Å². The Kier molecular flexibility index (Phi) is 5.89. The molecule has 0 saturated heterocycles. The van der Waals surface area contributed by atoms with Gasteiger partial charge >= 0.3 is 18.2 Å². The van der Waals surface area contributed by atoms with Gasteiger partial charge in [0.1, 0.15) is 13.1 Å². The van der Waals surface area contributed by atoms with Gasteiger partial charge in [-0.05, 0) is 6.92 Å². The standard InChI is InChI=1S/C9H15F3N2O4/c1-6(15)3-13(2)8(18)14(4-7(16)17)5-9(10,11)12/h6,15H,3-5H2,1-2H3,(H,16,17). The van der Waals surface area contributed by atoms with E-state index in [4.69, 9.17) is 10.2 Å². The number of rotatable bonds is 5. The number of likely N-dealkylation sites (N-methyl/N-ethyl adjacent to an activating group) is 1. The second kappa shape index (κ2) is 6.43. The number of carboxylic acids is 1. The van der Waals surface area contributed by atoms with E-state index in [0.717, 1.165) is 4.90 Å². The van der Waals surface area contributed by atoms with Crippen LogP contribution < -0.4 is 0 Å². The largest absolute Gasteiger partial charge is 0.480 e. The number of urea groups is 1. The van der Waals surface area contributed by atoms with E-state index in [2.05, 4.69) is 0 Å². The van der Waals surface area contributed by atoms with Crippen molar-refractivity contribution < 1.29 is 33.0 Å². The molecule has 9 heteroatoms. The van der Waals surface area contributed by atoms with Gasteiger partial charge in [-0.25, -0.2) is 4.79 Å². The van der Waals surface area contributed by atoms with Crippen molar-refractivity contribution in [2.24, 2.45) is 0 Å². The van der Waals surface area contributed by atoms with Crippen LogP contribution in [0.3, 0.4) is 0 Å². The maximum atomic E-state index is 12.2. The van der Waals surface area contributed by atoms with Crippen LogP contribution in [0.1, 0.15) is 6.92 Å². The van der Waals surface area contributed by atoms with E-state index < -0.39 is 37.4 Å². The Morgan fingerprint density at radius 1 is 1.33 bits per heavy atom. The molecule has 6 nitrogen and oxygen atoms in total. The Balaban J connectivity index is 4.73. The van der Waals surface area contributed by atoms with Gasteiger partial charge in [0, 0.05) is 13.6 Å². The molecule has 106 valence electrons. The fourth-order valence-electron chi connectivity index (χ4n) is 1.29. The zero-order valence-electron chi connectivity index (χ0n) is 9.94. The molecule has 18 heavy (non-hydrogen) atoms. The summed E-state index contributed by atoms with van der Waals surface area (Å²) >= 11 is 0. The van der Waals surface area contributed by atoms with E-state index in [-0.39, 0.29) is 11.4 Å². The number of carbonyl (C=O) groups is 2. The monoisotopic (exact) mass is 272 g/mol. The lowest BCUT2D eigenvalue weighted by Crippen LogP contribution is -2.49. The van der Waals surface area contributed by atoms with Crippen molar-refractivity contribution in [2.45, 2.75) is 19.2 Å². The van der Waals surface area contributed by atoms with Gasteiger partial charge in [-0.3, -0.25) is 4.79 Å². The van der Waals surface area contributed by atoms with Crippen molar-refractivity contribution in [2.75, 3.05) is 26.7 Å². The van der Waals surface area contributed by atoms with E-state index in [1.807, 2.05) is 0 Å². The molecule has 0 aromatic rings. The predicted molar refractivity (Wildman–Crippen MR) is 55.0 cm³/mol. The van der Waals surface area contributed by atoms with Gasteiger partial charge in [-0.1, -0.05) is 0 Å². The predicted octanol–water partition coefficient (Wildman–Crippen LogP) is 0.368. The number of halogens is 3. The maximum Gasteiger partial charge on any atom is 0.406 e.